The largest absolute Gasteiger partial charge is 0.339 e. The topological polar surface area (TPSA) is 64.9 Å². The van der Waals surface area contributed by atoms with E-state index in [9.17, 15) is 4.39 Å². The lowest BCUT2D eigenvalue weighted by Gasteiger charge is -2.16. The van der Waals surface area contributed by atoms with Gasteiger partial charge in [-0.3, -0.25) is 0 Å². The van der Waals surface area contributed by atoms with Crippen molar-refractivity contribution >= 4 is 15.9 Å². The summed E-state index contributed by atoms with van der Waals surface area (Å²) in [7, 11) is 0. The van der Waals surface area contributed by atoms with Crippen LogP contribution in [-0.4, -0.2) is 15.7 Å². The first-order chi connectivity index (χ1) is 8.85. The summed E-state index contributed by atoms with van der Waals surface area (Å²) >= 11 is 3.13. The molecule has 2 aromatic rings. The fraction of sp³-hybridized carbons (Fsp3) is 0.385. The molecule has 0 bridgehead atoms. The van der Waals surface area contributed by atoms with E-state index in [4.69, 9.17) is 10.3 Å². The summed E-state index contributed by atoms with van der Waals surface area (Å²) in [5, 5.41) is 3.89. The van der Waals surface area contributed by atoms with Crippen molar-refractivity contribution in [3.8, 4) is 11.4 Å². The molecule has 0 aliphatic heterocycles. The fourth-order valence-electron chi connectivity index (χ4n) is 1.54. The van der Waals surface area contributed by atoms with E-state index < -0.39 is 0 Å². The van der Waals surface area contributed by atoms with E-state index in [0.29, 0.717) is 28.2 Å². The number of nitrogens with two attached hydrogens (primary N) is 1. The van der Waals surface area contributed by atoms with Crippen LogP contribution in [0.5, 0.6) is 0 Å². The summed E-state index contributed by atoms with van der Waals surface area (Å²) in [4.78, 5) is 4.28. The molecule has 1 heterocycles. The summed E-state index contributed by atoms with van der Waals surface area (Å²) in [6.45, 7) is 3.89. The molecule has 1 aromatic heterocycles. The zero-order valence-corrected chi connectivity index (χ0v) is 12.4. The first-order valence-corrected chi connectivity index (χ1v) is 6.71. The Hall–Kier alpha value is -1.27. The van der Waals surface area contributed by atoms with Crippen LogP contribution in [0, 0.1) is 5.82 Å². The molecular weight excluding hydrogens is 313 g/mol. The molecule has 0 aliphatic rings. The maximum atomic E-state index is 13.1. The first-order valence-electron chi connectivity index (χ1n) is 5.92. The number of benzene rings is 1. The third-order valence-corrected chi connectivity index (χ3v) is 3.24. The predicted molar refractivity (Wildman–Crippen MR) is 74.0 cm³/mol. The molecule has 0 radical (unpaired) electrons. The minimum absolute atomic E-state index is 0.270. The lowest BCUT2D eigenvalue weighted by molar-refractivity contribution is 0.358. The Kier molecular flexibility index (Phi) is 4.01. The van der Waals surface area contributed by atoms with Crippen LogP contribution in [0.25, 0.3) is 11.4 Å². The molecule has 1 aromatic carbocycles. The van der Waals surface area contributed by atoms with E-state index in [2.05, 4.69) is 26.1 Å². The molecule has 4 nitrogen and oxygen atoms in total. The van der Waals surface area contributed by atoms with Gasteiger partial charge >= 0.3 is 0 Å². The van der Waals surface area contributed by atoms with Crippen molar-refractivity contribution in [2.75, 3.05) is 0 Å². The number of aromatic nitrogens is 2. The number of hydrogen-bond acceptors (Lipinski definition) is 4. The normalized spacial score (nSPS) is 11.8. The van der Waals surface area contributed by atoms with E-state index >= 15 is 0 Å². The predicted octanol–water partition coefficient (Wildman–Crippen LogP) is 3.31. The molecule has 0 fully saturated rings. The maximum Gasteiger partial charge on any atom is 0.227 e. The molecule has 2 N–H and O–H groups in total. The number of halogens is 2. The summed E-state index contributed by atoms with van der Waals surface area (Å²) in [6.07, 6.45) is 1.38. The Labute approximate surface area is 119 Å². The highest BCUT2D eigenvalue weighted by molar-refractivity contribution is 9.10. The highest BCUT2D eigenvalue weighted by Crippen LogP contribution is 2.23. The number of hydrogen-bond donors (Lipinski definition) is 1. The van der Waals surface area contributed by atoms with Gasteiger partial charge in [-0.1, -0.05) is 5.16 Å². The maximum absolute atomic E-state index is 13.1. The van der Waals surface area contributed by atoms with E-state index in [0.717, 1.165) is 6.42 Å². The van der Waals surface area contributed by atoms with Gasteiger partial charge in [0.2, 0.25) is 11.7 Å². The molecule has 0 spiro atoms. The van der Waals surface area contributed by atoms with Gasteiger partial charge in [-0.05, 0) is 54.4 Å². The van der Waals surface area contributed by atoms with Gasteiger partial charge in [0.25, 0.3) is 0 Å². The molecule has 0 saturated carbocycles. The lowest BCUT2D eigenvalue weighted by atomic mass is 10.0. The second-order valence-electron chi connectivity index (χ2n) is 5.13. The van der Waals surface area contributed by atoms with Crippen molar-refractivity contribution in [1.29, 1.82) is 0 Å². The van der Waals surface area contributed by atoms with Gasteiger partial charge < -0.3 is 10.3 Å². The van der Waals surface area contributed by atoms with E-state index in [1.165, 1.54) is 6.07 Å². The van der Waals surface area contributed by atoms with Crippen molar-refractivity contribution in [2.24, 2.45) is 5.73 Å². The van der Waals surface area contributed by atoms with Crippen LogP contribution in [-0.2, 0) is 6.42 Å². The third kappa shape index (κ3) is 3.84. The molecule has 0 saturated heterocycles. The summed E-state index contributed by atoms with van der Waals surface area (Å²) < 4.78 is 18.7. The molecule has 0 atom stereocenters. The van der Waals surface area contributed by atoms with Crippen molar-refractivity contribution in [1.82, 2.24) is 10.1 Å². The molecular formula is C13H15BrFN3O. The van der Waals surface area contributed by atoms with Crippen LogP contribution in [0.1, 0.15) is 26.2 Å². The molecule has 6 heteroatoms. The van der Waals surface area contributed by atoms with Gasteiger partial charge in [-0.2, -0.15) is 4.98 Å². The molecule has 2 rings (SSSR count). The zero-order chi connectivity index (χ0) is 14.0. The molecule has 0 unspecified atom stereocenters. The van der Waals surface area contributed by atoms with Crippen LogP contribution < -0.4 is 5.73 Å². The molecule has 0 aliphatic carbocycles. The van der Waals surface area contributed by atoms with Gasteiger partial charge in [-0.15, -0.1) is 0 Å². The summed E-state index contributed by atoms with van der Waals surface area (Å²) in [5.41, 5.74) is 6.33. The van der Waals surface area contributed by atoms with Crippen molar-refractivity contribution in [2.45, 2.75) is 32.2 Å². The Morgan fingerprint density at radius 2 is 2.16 bits per heavy atom. The van der Waals surface area contributed by atoms with Crippen molar-refractivity contribution in [3.05, 3.63) is 34.4 Å². The van der Waals surface area contributed by atoms with Crippen LogP contribution in [0.4, 0.5) is 4.39 Å². The van der Waals surface area contributed by atoms with E-state index in [1.54, 1.807) is 12.1 Å². The van der Waals surface area contributed by atoms with Gasteiger partial charge in [0.1, 0.15) is 5.82 Å². The Morgan fingerprint density at radius 1 is 1.42 bits per heavy atom. The van der Waals surface area contributed by atoms with Crippen LogP contribution in [0.3, 0.4) is 0 Å². The lowest BCUT2D eigenvalue weighted by Crippen LogP contribution is -2.32. The smallest absolute Gasteiger partial charge is 0.227 e. The van der Waals surface area contributed by atoms with Gasteiger partial charge in [0, 0.05) is 17.5 Å². The second kappa shape index (κ2) is 5.38. The van der Waals surface area contributed by atoms with Gasteiger partial charge in [-0.25, -0.2) is 4.39 Å². The average molecular weight is 328 g/mol. The summed E-state index contributed by atoms with van der Waals surface area (Å²) in [5.74, 6) is 0.664. The number of rotatable bonds is 4. The number of aryl methyl sites for hydroxylation is 1. The minimum Gasteiger partial charge on any atom is -0.339 e. The SMILES string of the molecule is CC(C)(N)CCc1nc(-c2ccc(F)c(Br)c2)no1. The van der Waals surface area contributed by atoms with Crippen LogP contribution in [0.2, 0.25) is 0 Å². The molecule has 19 heavy (non-hydrogen) atoms. The second-order valence-corrected chi connectivity index (χ2v) is 5.98. The Bertz CT molecular complexity index is 578. The van der Waals surface area contributed by atoms with E-state index in [1.807, 2.05) is 13.8 Å². The van der Waals surface area contributed by atoms with Crippen LogP contribution >= 0.6 is 15.9 Å². The zero-order valence-electron chi connectivity index (χ0n) is 10.8. The first kappa shape index (κ1) is 14.1. The molecule has 0 amide bonds. The van der Waals surface area contributed by atoms with Crippen molar-refractivity contribution < 1.29 is 8.91 Å². The highest BCUT2D eigenvalue weighted by Gasteiger charge is 2.15. The van der Waals surface area contributed by atoms with Crippen LogP contribution in [0.15, 0.2) is 27.2 Å². The number of nitrogens with zero attached hydrogens (tertiary/aromatic N) is 2. The van der Waals surface area contributed by atoms with E-state index in [-0.39, 0.29) is 11.4 Å². The monoisotopic (exact) mass is 327 g/mol. The Morgan fingerprint density at radius 3 is 2.79 bits per heavy atom. The average Bonchev–Trinajstić information content (AvgIpc) is 2.78. The summed E-state index contributed by atoms with van der Waals surface area (Å²) in [6, 6.07) is 4.59. The Balaban J connectivity index is 2.14. The van der Waals surface area contributed by atoms with Gasteiger partial charge in [0.05, 0.1) is 4.47 Å². The standard InChI is InChI=1S/C13H15BrFN3O/c1-13(2,16)6-5-11-17-12(18-19-11)8-3-4-10(15)9(14)7-8/h3-4,7H,5-6,16H2,1-2H3. The quantitative estimate of drug-likeness (QED) is 0.935. The third-order valence-electron chi connectivity index (χ3n) is 2.63. The van der Waals surface area contributed by atoms with Gasteiger partial charge in [0.15, 0.2) is 0 Å². The fourth-order valence-corrected chi connectivity index (χ4v) is 1.92. The molecule has 102 valence electrons. The highest BCUT2D eigenvalue weighted by atomic mass is 79.9. The minimum atomic E-state index is -0.322. The van der Waals surface area contributed by atoms with Crippen molar-refractivity contribution in [3.63, 3.8) is 0 Å².